The number of rotatable bonds is 3. The summed E-state index contributed by atoms with van der Waals surface area (Å²) in [5.41, 5.74) is 8.83. The van der Waals surface area contributed by atoms with Crippen molar-refractivity contribution in [2.45, 2.75) is 6.92 Å². The molecule has 0 atom stereocenters. The first-order valence-electron chi connectivity index (χ1n) is 14.3. The van der Waals surface area contributed by atoms with E-state index < -0.39 is 0 Å². The molecule has 0 fully saturated rings. The van der Waals surface area contributed by atoms with E-state index in [9.17, 15) is 0 Å². The fourth-order valence-corrected chi connectivity index (χ4v) is 6.47. The Bertz CT molecular complexity index is 2240. The van der Waals surface area contributed by atoms with Crippen LogP contribution in [-0.2, 0) is 0 Å². The van der Waals surface area contributed by atoms with E-state index in [1.807, 2.05) is 0 Å². The molecular weight excluding hydrogens is 492 g/mol. The molecule has 8 rings (SSSR count). The van der Waals surface area contributed by atoms with E-state index in [4.69, 9.17) is 0 Å². The third-order valence-corrected chi connectivity index (χ3v) is 8.51. The molecule has 0 heteroatoms. The minimum absolute atomic E-state index is 1.23. The summed E-state index contributed by atoms with van der Waals surface area (Å²) in [4.78, 5) is 0. The van der Waals surface area contributed by atoms with Gasteiger partial charge in [-0.2, -0.15) is 0 Å². The molecule has 0 nitrogen and oxygen atoms in total. The lowest BCUT2D eigenvalue weighted by atomic mass is 9.85. The monoisotopic (exact) mass is 520 g/mol. The highest BCUT2D eigenvalue weighted by Gasteiger charge is 2.17. The minimum atomic E-state index is 1.23. The molecule has 0 bridgehead atoms. The first-order valence-corrected chi connectivity index (χ1v) is 14.3. The number of hydrogen-bond acceptors (Lipinski definition) is 0. The zero-order chi connectivity index (χ0) is 27.3. The van der Waals surface area contributed by atoms with Gasteiger partial charge < -0.3 is 0 Å². The van der Waals surface area contributed by atoms with E-state index in [2.05, 4.69) is 159 Å². The van der Waals surface area contributed by atoms with Crippen molar-refractivity contribution >= 4 is 43.1 Å². The minimum Gasteiger partial charge on any atom is -0.0622 e. The van der Waals surface area contributed by atoms with E-state index in [1.165, 1.54) is 82.0 Å². The van der Waals surface area contributed by atoms with E-state index in [1.54, 1.807) is 0 Å². The molecule has 0 aromatic heterocycles. The van der Waals surface area contributed by atoms with Crippen LogP contribution in [0.1, 0.15) is 5.56 Å². The third-order valence-electron chi connectivity index (χ3n) is 8.51. The van der Waals surface area contributed by atoms with Crippen LogP contribution < -0.4 is 0 Å². The molecule has 0 amide bonds. The van der Waals surface area contributed by atoms with Crippen molar-refractivity contribution in [3.05, 3.63) is 157 Å². The Kier molecular flexibility index (Phi) is 5.47. The molecule has 0 aliphatic rings. The lowest BCUT2D eigenvalue weighted by molar-refractivity contribution is 1.47. The molecular formula is C41H28. The van der Waals surface area contributed by atoms with Gasteiger partial charge in [-0.25, -0.2) is 0 Å². The first kappa shape index (κ1) is 23.7. The predicted molar refractivity (Wildman–Crippen MR) is 178 cm³/mol. The maximum absolute atomic E-state index is 2.44. The largest absolute Gasteiger partial charge is 0.0622 e. The van der Waals surface area contributed by atoms with Crippen molar-refractivity contribution < 1.29 is 0 Å². The Labute approximate surface area is 240 Å². The summed E-state index contributed by atoms with van der Waals surface area (Å²) >= 11 is 0. The van der Waals surface area contributed by atoms with Crippen LogP contribution in [0.15, 0.2) is 152 Å². The van der Waals surface area contributed by atoms with Crippen molar-refractivity contribution in [2.24, 2.45) is 0 Å². The SMILES string of the molecule is Cc1ccc(-c2cc3c4ccccc4c(-c4cc5ccccc5cc4-c4ccccc4)cc3c3ccccc23)cc1. The Hall–Kier alpha value is -5.20. The van der Waals surface area contributed by atoms with Gasteiger partial charge in [-0.15, -0.1) is 0 Å². The summed E-state index contributed by atoms with van der Waals surface area (Å²) in [5.74, 6) is 0. The van der Waals surface area contributed by atoms with Crippen molar-refractivity contribution in [1.29, 1.82) is 0 Å². The fourth-order valence-electron chi connectivity index (χ4n) is 6.47. The average molecular weight is 521 g/mol. The van der Waals surface area contributed by atoms with Crippen LogP contribution in [0.4, 0.5) is 0 Å². The van der Waals surface area contributed by atoms with Crippen molar-refractivity contribution in [3.63, 3.8) is 0 Å². The Morgan fingerprint density at radius 3 is 1.39 bits per heavy atom. The van der Waals surface area contributed by atoms with Crippen LogP contribution in [0.2, 0.25) is 0 Å². The first-order chi connectivity index (χ1) is 20.2. The molecule has 0 aliphatic heterocycles. The van der Waals surface area contributed by atoms with Gasteiger partial charge in [-0.05, 0) is 108 Å². The number of benzene rings is 8. The fraction of sp³-hybridized carbons (Fsp3) is 0.0244. The molecule has 0 unspecified atom stereocenters. The van der Waals surface area contributed by atoms with Gasteiger partial charge >= 0.3 is 0 Å². The summed E-state index contributed by atoms with van der Waals surface area (Å²) in [6.07, 6.45) is 0. The van der Waals surface area contributed by atoms with Gasteiger partial charge in [0.25, 0.3) is 0 Å². The lowest BCUT2D eigenvalue weighted by Gasteiger charge is -2.18. The zero-order valence-corrected chi connectivity index (χ0v) is 22.9. The topological polar surface area (TPSA) is 0 Å². The van der Waals surface area contributed by atoms with E-state index >= 15 is 0 Å². The molecule has 0 N–H and O–H groups in total. The molecule has 0 heterocycles. The van der Waals surface area contributed by atoms with Gasteiger partial charge in [-0.3, -0.25) is 0 Å². The number of hydrogen-bond donors (Lipinski definition) is 0. The van der Waals surface area contributed by atoms with Gasteiger partial charge in [-0.1, -0.05) is 133 Å². The van der Waals surface area contributed by atoms with Crippen LogP contribution in [0.3, 0.4) is 0 Å². The summed E-state index contributed by atoms with van der Waals surface area (Å²) in [7, 11) is 0. The second-order valence-electron chi connectivity index (χ2n) is 11.0. The highest BCUT2D eigenvalue weighted by molar-refractivity contribution is 6.24. The van der Waals surface area contributed by atoms with Gasteiger partial charge in [0.2, 0.25) is 0 Å². The summed E-state index contributed by atoms with van der Waals surface area (Å²) in [5, 5.41) is 10.2. The van der Waals surface area contributed by atoms with Crippen molar-refractivity contribution in [1.82, 2.24) is 0 Å². The van der Waals surface area contributed by atoms with Crippen LogP contribution >= 0.6 is 0 Å². The molecule has 8 aromatic carbocycles. The number of fused-ring (bicyclic) bond motifs is 6. The normalized spacial score (nSPS) is 11.5. The van der Waals surface area contributed by atoms with Crippen LogP contribution in [0, 0.1) is 6.92 Å². The quantitative estimate of drug-likeness (QED) is 0.203. The summed E-state index contributed by atoms with van der Waals surface area (Å²) in [6, 6.07) is 55.8. The second kappa shape index (κ2) is 9.47. The second-order valence-corrected chi connectivity index (χ2v) is 11.0. The molecule has 0 aliphatic carbocycles. The Morgan fingerprint density at radius 1 is 0.293 bits per heavy atom. The van der Waals surface area contributed by atoms with Crippen LogP contribution in [0.5, 0.6) is 0 Å². The molecule has 41 heavy (non-hydrogen) atoms. The number of aryl methyl sites for hydroxylation is 1. The molecule has 0 saturated heterocycles. The van der Waals surface area contributed by atoms with Gasteiger partial charge in [0.1, 0.15) is 0 Å². The maximum Gasteiger partial charge on any atom is -0.00923 e. The van der Waals surface area contributed by atoms with Gasteiger partial charge in [0, 0.05) is 0 Å². The highest BCUT2D eigenvalue weighted by Crippen LogP contribution is 2.44. The molecule has 8 aromatic rings. The van der Waals surface area contributed by atoms with Crippen molar-refractivity contribution in [3.8, 4) is 33.4 Å². The molecule has 192 valence electrons. The molecule has 0 radical (unpaired) electrons. The summed E-state index contributed by atoms with van der Waals surface area (Å²) in [6.45, 7) is 2.15. The Balaban J connectivity index is 1.51. The van der Waals surface area contributed by atoms with Crippen LogP contribution in [0.25, 0.3) is 76.5 Å². The average Bonchev–Trinajstić information content (AvgIpc) is 3.04. The third kappa shape index (κ3) is 3.91. The molecule has 0 saturated carbocycles. The van der Waals surface area contributed by atoms with E-state index in [-0.39, 0.29) is 0 Å². The highest BCUT2D eigenvalue weighted by atomic mass is 14.2. The van der Waals surface area contributed by atoms with E-state index in [0.717, 1.165) is 0 Å². The smallest absolute Gasteiger partial charge is 0.00923 e. The van der Waals surface area contributed by atoms with Crippen molar-refractivity contribution in [2.75, 3.05) is 0 Å². The Morgan fingerprint density at radius 2 is 0.756 bits per heavy atom. The lowest BCUT2D eigenvalue weighted by Crippen LogP contribution is -1.91. The van der Waals surface area contributed by atoms with E-state index in [0.29, 0.717) is 0 Å². The maximum atomic E-state index is 2.44. The molecule has 0 spiro atoms. The van der Waals surface area contributed by atoms with Crippen LogP contribution in [-0.4, -0.2) is 0 Å². The van der Waals surface area contributed by atoms with Gasteiger partial charge in [0.15, 0.2) is 0 Å². The standard InChI is InChI=1S/C41H28/c1-27-19-21-29(22-20-27)37-25-39-34-17-9-10-18-35(34)40(26-41(39)33-16-8-7-15-32(33)37)38-24-31-14-6-5-13-30(31)23-36(38)28-11-3-2-4-12-28/h2-26H,1H3. The van der Waals surface area contributed by atoms with Gasteiger partial charge in [0.05, 0.1) is 0 Å². The predicted octanol–water partition coefficient (Wildman–Crippen LogP) is 11.6. The zero-order valence-electron chi connectivity index (χ0n) is 22.9. The summed E-state index contributed by atoms with van der Waals surface area (Å²) < 4.78 is 0.